The normalized spacial score (nSPS) is 13.8. The van der Waals surface area contributed by atoms with Crippen molar-refractivity contribution < 1.29 is 4.74 Å². The Labute approximate surface area is 121 Å². The van der Waals surface area contributed by atoms with Crippen LogP contribution in [0.3, 0.4) is 0 Å². The molecule has 2 atom stereocenters. The number of ether oxygens (including phenoxy) is 1. The van der Waals surface area contributed by atoms with Gasteiger partial charge in [0.25, 0.3) is 0 Å². The van der Waals surface area contributed by atoms with Crippen LogP contribution in [0.25, 0.3) is 0 Å². The number of rotatable bonds is 5. The average molecular weight is 269 g/mol. The zero-order valence-electron chi connectivity index (χ0n) is 12.7. The SMILES string of the molecule is COc1ccccc1C(C)N[C@@H](C)c1cccc(C)c1. The first-order valence-electron chi connectivity index (χ1n) is 7.07. The van der Waals surface area contributed by atoms with Gasteiger partial charge in [0.05, 0.1) is 7.11 Å². The molecule has 2 heteroatoms. The van der Waals surface area contributed by atoms with Gasteiger partial charge >= 0.3 is 0 Å². The summed E-state index contributed by atoms with van der Waals surface area (Å²) in [5, 5.41) is 3.63. The maximum absolute atomic E-state index is 5.43. The summed E-state index contributed by atoms with van der Waals surface area (Å²) in [6.07, 6.45) is 0. The van der Waals surface area contributed by atoms with E-state index in [2.05, 4.69) is 56.4 Å². The Bertz CT molecular complexity index is 565. The van der Waals surface area contributed by atoms with E-state index in [4.69, 9.17) is 4.74 Å². The Hall–Kier alpha value is -1.80. The maximum Gasteiger partial charge on any atom is 0.123 e. The number of hydrogen-bond donors (Lipinski definition) is 1. The van der Waals surface area contributed by atoms with Gasteiger partial charge in [-0.25, -0.2) is 0 Å². The van der Waals surface area contributed by atoms with Crippen LogP contribution in [0.4, 0.5) is 0 Å². The zero-order chi connectivity index (χ0) is 14.5. The molecule has 0 fully saturated rings. The standard InChI is InChI=1S/C18H23NO/c1-13-8-7-9-16(12-13)14(2)19-15(3)17-10-5-6-11-18(17)20-4/h5-12,14-15,19H,1-4H3/t14-,15?/m0/s1. The van der Waals surface area contributed by atoms with Crippen molar-refractivity contribution in [3.63, 3.8) is 0 Å². The van der Waals surface area contributed by atoms with Crippen molar-refractivity contribution in [2.24, 2.45) is 0 Å². The highest BCUT2D eigenvalue weighted by Crippen LogP contribution is 2.26. The number of para-hydroxylation sites is 1. The molecule has 2 aromatic carbocycles. The van der Waals surface area contributed by atoms with Crippen LogP contribution in [0.2, 0.25) is 0 Å². The Balaban J connectivity index is 2.13. The predicted molar refractivity (Wildman–Crippen MR) is 84.1 cm³/mol. The Morgan fingerprint density at radius 2 is 1.70 bits per heavy atom. The summed E-state index contributed by atoms with van der Waals surface area (Å²) >= 11 is 0. The van der Waals surface area contributed by atoms with E-state index in [1.165, 1.54) is 16.7 Å². The Morgan fingerprint density at radius 3 is 2.40 bits per heavy atom. The quantitative estimate of drug-likeness (QED) is 0.867. The average Bonchev–Trinajstić information content (AvgIpc) is 2.47. The van der Waals surface area contributed by atoms with Gasteiger partial charge in [0, 0.05) is 17.6 Å². The fourth-order valence-electron chi connectivity index (χ4n) is 2.52. The summed E-state index contributed by atoms with van der Waals surface area (Å²) in [4.78, 5) is 0. The summed E-state index contributed by atoms with van der Waals surface area (Å²) in [6.45, 7) is 6.49. The molecule has 0 aliphatic carbocycles. The maximum atomic E-state index is 5.43. The van der Waals surface area contributed by atoms with Crippen molar-refractivity contribution in [3.8, 4) is 5.75 Å². The number of hydrogen-bond acceptors (Lipinski definition) is 2. The third-order valence-electron chi connectivity index (χ3n) is 3.65. The summed E-state index contributed by atoms with van der Waals surface area (Å²) < 4.78 is 5.43. The third-order valence-corrected chi connectivity index (χ3v) is 3.65. The summed E-state index contributed by atoms with van der Waals surface area (Å²) in [5.74, 6) is 0.934. The van der Waals surface area contributed by atoms with Gasteiger partial charge in [-0.3, -0.25) is 0 Å². The highest BCUT2D eigenvalue weighted by molar-refractivity contribution is 5.36. The van der Waals surface area contributed by atoms with Crippen molar-refractivity contribution in [3.05, 3.63) is 65.2 Å². The number of aryl methyl sites for hydroxylation is 1. The lowest BCUT2D eigenvalue weighted by atomic mass is 10.0. The lowest BCUT2D eigenvalue weighted by Crippen LogP contribution is -2.22. The molecule has 0 aromatic heterocycles. The van der Waals surface area contributed by atoms with Gasteiger partial charge in [0.15, 0.2) is 0 Å². The van der Waals surface area contributed by atoms with Crippen molar-refractivity contribution in [1.82, 2.24) is 5.32 Å². The highest BCUT2D eigenvalue weighted by atomic mass is 16.5. The predicted octanol–water partition coefficient (Wildman–Crippen LogP) is 4.42. The second-order valence-corrected chi connectivity index (χ2v) is 5.27. The van der Waals surface area contributed by atoms with Crippen LogP contribution < -0.4 is 10.1 Å². The van der Waals surface area contributed by atoms with Gasteiger partial charge in [0.2, 0.25) is 0 Å². The molecule has 0 saturated heterocycles. The number of nitrogens with one attached hydrogen (secondary N) is 1. The molecule has 106 valence electrons. The minimum atomic E-state index is 0.238. The van der Waals surface area contributed by atoms with E-state index in [9.17, 15) is 0 Å². The van der Waals surface area contributed by atoms with E-state index in [-0.39, 0.29) is 6.04 Å². The highest BCUT2D eigenvalue weighted by Gasteiger charge is 2.14. The van der Waals surface area contributed by atoms with Gasteiger partial charge < -0.3 is 10.1 Å². The van der Waals surface area contributed by atoms with Crippen LogP contribution in [-0.2, 0) is 0 Å². The van der Waals surface area contributed by atoms with Gasteiger partial charge in [-0.05, 0) is 32.4 Å². The molecule has 0 spiro atoms. The molecule has 1 unspecified atom stereocenters. The molecule has 2 rings (SSSR count). The molecule has 0 radical (unpaired) electrons. The molecule has 0 bridgehead atoms. The molecule has 2 nitrogen and oxygen atoms in total. The van der Waals surface area contributed by atoms with Gasteiger partial charge in [0.1, 0.15) is 5.75 Å². The van der Waals surface area contributed by atoms with E-state index in [0.717, 1.165) is 5.75 Å². The lowest BCUT2D eigenvalue weighted by Gasteiger charge is -2.22. The smallest absolute Gasteiger partial charge is 0.123 e. The van der Waals surface area contributed by atoms with Crippen molar-refractivity contribution in [1.29, 1.82) is 0 Å². The molecule has 0 saturated carbocycles. The van der Waals surface area contributed by atoms with Crippen LogP contribution in [0.5, 0.6) is 5.75 Å². The Morgan fingerprint density at radius 1 is 0.950 bits per heavy atom. The van der Waals surface area contributed by atoms with Crippen molar-refractivity contribution in [2.45, 2.75) is 32.9 Å². The monoisotopic (exact) mass is 269 g/mol. The van der Waals surface area contributed by atoms with Gasteiger partial charge in [-0.1, -0.05) is 48.0 Å². The number of benzene rings is 2. The largest absolute Gasteiger partial charge is 0.496 e. The number of methoxy groups -OCH3 is 1. The fourth-order valence-corrected chi connectivity index (χ4v) is 2.52. The van der Waals surface area contributed by atoms with E-state index in [0.29, 0.717) is 6.04 Å². The van der Waals surface area contributed by atoms with E-state index < -0.39 is 0 Å². The van der Waals surface area contributed by atoms with E-state index in [1.54, 1.807) is 7.11 Å². The van der Waals surface area contributed by atoms with E-state index in [1.807, 2.05) is 18.2 Å². The molecule has 0 aliphatic heterocycles. The van der Waals surface area contributed by atoms with Crippen molar-refractivity contribution >= 4 is 0 Å². The minimum Gasteiger partial charge on any atom is -0.496 e. The molecular formula is C18H23NO. The third kappa shape index (κ3) is 3.40. The van der Waals surface area contributed by atoms with Gasteiger partial charge in [-0.2, -0.15) is 0 Å². The molecular weight excluding hydrogens is 246 g/mol. The summed E-state index contributed by atoms with van der Waals surface area (Å²) in [5.41, 5.74) is 3.79. The van der Waals surface area contributed by atoms with Crippen LogP contribution >= 0.6 is 0 Å². The first kappa shape index (κ1) is 14.6. The summed E-state index contributed by atoms with van der Waals surface area (Å²) in [6, 6.07) is 17.3. The first-order chi connectivity index (χ1) is 9.61. The molecule has 0 heterocycles. The second-order valence-electron chi connectivity index (χ2n) is 5.27. The second kappa shape index (κ2) is 6.58. The molecule has 0 amide bonds. The van der Waals surface area contributed by atoms with E-state index >= 15 is 0 Å². The topological polar surface area (TPSA) is 21.3 Å². The van der Waals surface area contributed by atoms with Gasteiger partial charge in [-0.15, -0.1) is 0 Å². The molecule has 1 N–H and O–H groups in total. The molecule has 20 heavy (non-hydrogen) atoms. The summed E-state index contributed by atoms with van der Waals surface area (Å²) in [7, 11) is 1.72. The molecule has 0 aliphatic rings. The minimum absolute atomic E-state index is 0.238. The molecule has 2 aromatic rings. The van der Waals surface area contributed by atoms with Crippen LogP contribution in [0, 0.1) is 6.92 Å². The fraction of sp³-hybridized carbons (Fsp3) is 0.333. The van der Waals surface area contributed by atoms with Crippen LogP contribution in [-0.4, -0.2) is 7.11 Å². The zero-order valence-corrected chi connectivity index (χ0v) is 12.7. The lowest BCUT2D eigenvalue weighted by molar-refractivity contribution is 0.396. The van der Waals surface area contributed by atoms with Crippen molar-refractivity contribution in [2.75, 3.05) is 7.11 Å². The van der Waals surface area contributed by atoms with Crippen LogP contribution in [0.1, 0.15) is 42.6 Å². The van der Waals surface area contributed by atoms with Crippen LogP contribution in [0.15, 0.2) is 48.5 Å². The first-order valence-corrected chi connectivity index (χ1v) is 7.07. The Kier molecular flexibility index (Phi) is 4.80.